The van der Waals surface area contributed by atoms with E-state index in [0.717, 1.165) is 0 Å². The van der Waals surface area contributed by atoms with E-state index in [1.54, 1.807) is 20.8 Å². The molecule has 0 aliphatic carbocycles. The molecule has 0 radical (unpaired) electrons. The lowest BCUT2D eigenvalue weighted by Crippen LogP contribution is -2.42. The van der Waals surface area contributed by atoms with Gasteiger partial charge in [-0.1, -0.05) is 6.92 Å². The van der Waals surface area contributed by atoms with Crippen LogP contribution in [-0.2, 0) is 4.74 Å². The highest BCUT2D eigenvalue weighted by Gasteiger charge is 2.24. The predicted molar refractivity (Wildman–Crippen MR) is 62.0 cm³/mol. The normalized spacial score (nSPS) is 15.4. The molecule has 0 aromatic carbocycles. The summed E-state index contributed by atoms with van der Waals surface area (Å²) >= 11 is 0. The zero-order chi connectivity index (χ0) is 12.8. The van der Waals surface area contributed by atoms with Gasteiger partial charge in [0, 0.05) is 6.54 Å². The van der Waals surface area contributed by atoms with Crippen molar-refractivity contribution in [2.75, 3.05) is 19.8 Å². The Bertz CT molecular complexity index is 229. The lowest BCUT2D eigenvalue weighted by atomic mass is 9.87. The zero-order valence-electron chi connectivity index (χ0n) is 10.6. The van der Waals surface area contributed by atoms with Gasteiger partial charge in [-0.3, -0.25) is 4.39 Å². The molecule has 0 bridgehead atoms. The van der Waals surface area contributed by atoms with E-state index in [1.165, 1.54) is 0 Å². The van der Waals surface area contributed by atoms with Crippen molar-refractivity contribution >= 4 is 6.09 Å². The summed E-state index contributed by atoms with van der Waals surface area (Å²) < 4.78 is 17.3. The van der Waals surface area contributed by atoms with Crippen LogP contribution >= 0.6 is 0 Å². The fourth-order valence-corrected chi connectivity index (χ4v) is 1.09. The number of nitrogens with two attached hydrogens (primary N) is 1. The van der Waals surface area contributed by atoms with Crippen molar-refractivity contribution in [1.82, 2.24) is 5.32 Å². The molecule has 1 unspecified atom stereocenters. The Balaban J connectivity index is 4.07. The number of hydrogen-bond donors (Lipinski definition) is 2. The average Bonchev–Trinajstić information content (AvgIpc) is 2.13. The van der Waals surface area contributed by atoms with Gasteiger partial charge in [-0.15, -0.1) is 0 Å². The molecule has 0 rings (SSSR count). The lowest BCUT2D eigenvalue weighted by molar-refractivity contribution is 0.0500. The third-order valence-electron chi connectivity index (χ3n) is 2.25. The molecule has 1 atom stereocenters. The van der Waals surface area contributed by atoms with Crippen LogP contribution in [0.1, 0.15) is 34.1 Å². The summed E-state index contributed by atoms with van der Waals surface area (Å²) in [7, 11) is 0. The highest BCUT2D eigenvalue weighted by Crippen LogP contribution is 2.18. The van der Waals surface area contributed by atoms with Crippen molar-refractivity contribution in [1.29, 1.82) is 0 Å². The quantitative estimate of drug-likeness (QED) is 0.762. The standard InChI is InChI=1S/C11H23FN2O2/c1-10(2,3)16-9(15)14-8-11(4,7-13)5-6-12/h5-8,13H2,1-4H3,(H,14,15). The summed E-state index contributed by atoms with van der Waals surface area (Å²) in [6.07, 6.45) is -0.162. The summed E-state index contributed by atoms with van der Waals surface area (Å²) in [6, 6.07) is 0. The maximum Gasteiger partial charge on any atom is 0.407 e. The van der Waals surface area contributed by atoms with Crippen LogP contribution in [0.2, 0.25) is 0 Å². The summed E-state index contributed by atoms with van der Waals surface area (Å²) in [6.45, 7) is 7.41. The Morgan fingerprint density at radius 2 is 1.94 bits per heavy atom. The SMILES string of the molecule is CC(CN)(CCF)CNC(=O)OC(C)(C)C. The first-order chi connectivity index (χ1) is 7.22. The first-order valence-electron chi connectivity index (χ1n) is 5.45. The van der Waals surface area contributed by atoms with Gasteiger partial charge in [0.15, 0.2) is 0 Å². The average molecular weight is 234 g/mol. The van der Waals surface area contributed by atoms with Crippen molar-refractivity contribution < 1.29 is 13.9 Å². The number of amides is 1. The van der Waals surface area contributed by atoms with Gasteiger partial charge in [0.2, 0.25) is 0 Å². The maximum absolute atomic E-state index is 12.3. The molecule has 96 valence electrons. The largest absolute Gasteiger partial charge is 0.444 e. The van der Waals surface area contributed by atoms with Gasteiger partial charge < -0.3 is 15.8 Å². The van der Waals surface area contributed by atoms with Gasteiger partial charge in [0.1, 0.15) is 5.60 Å². The maximum atomic E-state index is 12.3. The van der Waals surface area contributed by atoms with Crippen LogP contribution in [0.3, 0.4) is 0 Å². The molecule has 1 amide bonds. The Hall–Kier alpha value is -0.840. The van der Waals surface area contributed by atoms with Crippen molar-refractivity contribution in [3.63, 3.8) is 0 Å². The van der Waals surface area contributed by atoms with Crippen molar-refractivity contribution in [2.24, 2.45) is 11.1 Å². The predicted octanol–water partition coefficient (Wildman–Crippen LogP) is 1.84. The van der Waals surface area contributed by atoms with E-state index >= 15 is 0 Å². The molecule has 0 saturated carbocycles. The fraction of sp³-hybridized carbons (Fsp3) is 0.909. The van der Waals surface area contributed by atoms with Crippen LogP contribution in [0, 0.1) is 5.41 Å². The number of alkyl halides is 1. The zero-order valence-corrected chi connectivity index (χ0v) is 10.6. The molecule has 3 N–H and O–H groups in total. The Morgan fingerprint density at radius 1 is 1.38 bits per heavy atom. The van der Waals surface area contributed by atoms with E-state index in [1.807, 2.05) is 6.92 Å². The Morgan fingerprint density at radius 3 is 2.31 bits per heavy atom. The first-order valence-corrected chi connectivity index (χ1v) is 5.45. The second-order valence-electron chi connectivity index (χ2n) is 5.31. The molecule has 0 heterocycles. The van der Waals surface area contributed by atoms with E-state index in [-0.39, 0.29) is 0 Å². The Kier molecular flexibility index (Phi) is 5.72. The molecule has 0 spiro atoms. The third-order valence-corrected chi connectivity index (χ3v) is 2.25. The number of carbonyl (C=O) groups excluding carboxylic acids is 1. The number of carbonyl (C=O) groups is 1. The van der Waals surface area contributed by atoms with Gasteiger partial charge in [-0.2, -0.15) is 0 Å². The number of alkyl carbamates (subject to hydrolysis) is 1. The highest BCUT2D eigenvalue weighted by atomic mass is 19.1. The van der Waals surface area contributed by atoms with E-state index < -0.39 is 23.8 Å². The molecule has 0 saturated heterocycles. The molecule has 0 fully saturated rings. The first kappa shape index (κ1) is 15.2. The second-order valence-corrected chi connectivity index (χ2v) is 5.31. The monoisotopic (exact) mass is 234 g/mol. The van der Waals surface area contributed by atoms with Crippen LogP contribution in [0.25, 0.3) is 0 Å². The van der Waals surface area contributed by atoms with E-state index in [2.05, 4.69) is 5.32 Å². The van der Waals surface area contributed by atoms with Crippen molar-refractivity contribution in [3.8, 4) is 0 Å². The highest BCUT2D eigenvalue weighted by molar-refractivity contribution is 5.67. The van der Waals surface area contributed by atoms with Gasteiger partial charge in [0.05, 0.1) is 6.67 Å². The van der Waals surface area contributed by atoms with Gasteiger partial charge >= 0.3 is 6.09 Å². The van der Waals surface area contributed by atoms with Crippen molar-refractivity contribution in [2.45, 2.75) is 39.7 Å². The summed E-state index contributed by atoms with van der Waals surface area (Å²) in [5, 5.41) is 2.61. The molecular weight excluding hydrogens is 211 g/mol. The minimum absolute atomic E-state index is 0.322. The molecule has 0 aliphatic rings. The lowest BCUT2D eigenvalue weighted by Gasteiger charge is -2.28. The van der Waals surface area contributed by atoms with Crippen molar-refractivity contribution in [3.05, 3.63) is 0 Å². The Labute approximate surface area is 96.7 Å². The van der Waals surface area contributed by atoms with Crippen LogP contribution in [0.5, 0.6) is 0 Å². The molecule has 0 aromatic heterocycles. The smallest absolute Gasteiger partial charge is 0.407 e. The summed E-state index contributed by atoms with van der Waals surface area (Å²) in [5.74, 6) is 0. The van der Waals surface area contributed by atoms with Crippen LogP contribution in [-0.4, -0.2) is 31.5 Å². The van der Waals surface area contributed by atoms with E-state index in [0.29, 0.717) is 19.5 Å². The summed E-state index contributed by atoms with van der Waals surface area (Å²) in [5.41, 5.74) is 4.61. The van der Waals surface area contributed by atoms with Crippen LogP contribution < -0.4 is 11.1 Å². The third kappa shape index (κ3) is 6.61. The van der Waals surface area contributed by atoms with Gasteiger partial charge in [0.25, 0.3) is 0 Å². The topological polar surface area (TPSA) is 64.3 Å². The fourth-order valence-electron chi connectivity index (χ4n) is 1.09. The van der Waals surface area contributed by atoms with E-state index in [4.69, 9.17) is 10.5 Å². The molecular formula is C11H23FN2O2. The van der Waals surface area contributed by atoms with Crippen LogP contribution in [0.4, 0.5) is 9.18 Å². The molecule has 4 nitrogen and oxygen atoms in total. The molecule has 0 aliphatic heterocycles. The minimum atomic E-state index is -0.525. The number of hydrogen-bond acceptors (Lipinski definition) is 3. The van der Waals surface area contributed by atoms with E-state index in [9.17, 15) is 9.18 Å². The number of rotatable bonds is 5. The summed E-state index contributed by atoms with van der Waals surface area (Å²) in [4.78, 5) is 11.4. The van der Waals surface area contributed by atoms with Gasteiger partial charge in [-0.25, -0.2) is 4.79 Å². The molecule has 0 aromatic rings. The van der Waals surface area contributed by atoms with Gasteiger partial charge in [-0.05, 0) is 39.2 Å². The minimum Gasteiger partial charge on any atom is -0.444 e. The molecule has 16 heavy (non-hydrogen) atoms. The number of nitrogens with one attached hydrogen (secondary N) is 1. The molecule has 5 heteroatoms. The number of halogens is 1. The second kappa shape index (κ2) is 6.03. The number of ether oxygens (including phenoxy) is 1. The van der Waals surface area contributed by atoms with Crippen LogP contribution in [0.15, 0.2) is 0 Å².